The van der Waals surface area contributed by atoms with Gasteiger partial charge in [0, 0.05) is 62.8 Å². The van der Waals surface area contributed by atoms with Crippen molar-refractivity contribution in [1.29, 1.82) is 0 Å². The highest BCUT2D eigenvalue weighted by molar-refractivity contribution is 5.94. The number of hydrogen-bond donors (Lipinski definition) is 1. The minimum atomic E-state index is -0.583. The number of carbonyl (C=O) groups is 3. The van der Waals surface area contributed by atoms with Crippen LogP contribution in [-0.4, -0.2) is 78.1 Å². The SMILES string of the molecule is CC(=O)NC[C@H]1CN(c2ccc(-c3ccc(N4CCN(C(=O)c5cccnc5)CC4)nc3)c(F)c2)C(=O)O1. The summed E-state index contributed by atoms with van der Waals surface area (Å²) in [6.07, 6.45) is 3.75. The maximum atomic E-state index is 15.1. The van der Waals surface area contributed by atoms with Crippen LogP contribution in [0.3, 0.4) is 0 Å². The van der Waals surface area contributed by atoms with Gasteiger partial charge in [-0.15, -0.1) is 0 Å². The predicted octanol–water partition coefficient (Wildman–Crippen LogP) is 2.71. The third-order valence-corrected chi connectivity index (χ3v) is 6.58. The zero-order valence-electron chi connectivity index (χ0n) is 20.8. The van der Waals surface area contributed by atoms with Crippen LogP contribution < -0.4 is 15.1 Å². The summed E-state index contributed by atoms with van der Waals surface area (Å²) < 4.78 is 20.3. The second kappa shape index (κ2) is 10.8. The van der Waals surface area contributed by atoms with Gasteiger partial charge in [-0.25, -0.2) is 14.2 Å². The maximum Gasteiger partial charge on any atom is 0.414 e. The third kappa shape index (κ3) is 5.41. The normalized spacial score (nSPS) is 17.4. The minimum absolute atomic E-state index is 0.0366. The van der Waals surface area contributed by atoms with Crippen LogP contribution in [-0.2, 0) is 9.53 Å². The molecule has 2 aromatic heterocycles. The van der Waals surface area contributed by atoms with Crippen molar-refractivity contribution in [3.8, 4) is 11.1 Å². The van der Waals surface area contributed by atoms with Crippen LogP contribution >= 0.6 is 0 Å². The van der Waals surface area contributed by atoms with E-state index in [1.165, 1.54) is 17.9 Å². The number of nitrogens with one attached hydrogen (secondary N) is 1. The molecule has 3 amide bonds. The number of benzene rings is 1. The number of hydrogen-bond acceptors (Lipinski definition) is 7. The van der Waals surface area contributed by atoms with E-state index < -0.39 is 18.0 Å². The number of carbonyl (C=O) groups excluding carboxylic acids is 3. The maximum absolute atomic E-state index is 15.1. The van der Waals surface area contributed by atoms with E-state index in [1.54, 1.807) is 53.8 Å². The molecule has 196 valence electrons. The van der Waals surface area contributed by atoms with Gasteiger partial charge in [-0.3, -0.25) is 19.5 Å². The summed E-state index contributed by atoms with van der Waals surface area (Å²) in [6.45, 7) is 4.21. The van der Waals surface area contributed by atoms with Crippen LogP contribution in [0.25, 0.3) is 11.1 Å². The van der Waals surface area contributed by atoms with Crippen LogP contribution in [0.1, 0.15) is 17.3 Å². The van der Waals surface area contributed by atoms with Crippen LogP contribution in [0.2, 0.25) is 0 Å². The van der Waals surface area contributed by atoms with Crippen LogP contribution in [0.4, 0.5) is 20.7 Å². The molecule has 11 heteroatoms. The van der Waals surface area contributed by atoms with Gasteiger partial charge in [-0.2, -0.15) is 0 Å². The van der Waals surface area contributed by atoms with Gasteiger partial charge in [0.2, 0.25) is 5.91 Å². The predicted molar refractivity (Wildman–Crippen MR) is 138 cm³/mol. The topological polar surface area (TPSA) is 108 Å². The molecule has 1 N–H and O–H groups in total. The number of rotatable bonds is 6. The van der Waals surface area contributed by atoms with E-state index in [0.717, 1.165) is 5.82 Å². The second-order valence-corrected chi connectivity index (χ2v) is 9.14. The number of aromatic nitrogens is 2. The van der Waals surface area contributed by atoms with E-state index in [2.05, 4.69) is 20.2 Å². The number of halogens is 1. The number of ether oxygens (including phenoxy) is 1. The zero-order valence-corrected chi connectivity index (χ0v) is 20.8. The Bertz CT molecular complexity index is 1330. The summed E-state index contributed by atoms with van der Waals surface area (Å²) in [4.78, 5) is 49.8. The summed E-state index contributed by atoms with van der Waals surface area (Å²) in [6, 6.07) is 11.7. The number of cyclic esters (lactones) is 1. The van der Waals surface area contributed by atoms with Gasteiger partial charge in [0.15, 0.2) is 0 Å². The fraction of sp³-hybridized carbons (Fsp3) is 0.296. The van der Waals surface area contributed by atoms with Gasteiger partial charge in [-0.05, 0) is 42.5 Å². The average molecular weight is 519 g/mol. The van der Waals surface area contributed by atoms with Crippen molar-refractivity contribution in [2.75, 3.05) is 49.1 Å². The smallest absolute Gasteiger partial charge is 0.414 e. The van der Waals surface area contributed by atoms with Crippen molar-refractivity contribution in [2.24, 2.45) is 0 Å². The van der Waals surface area contributed by atoms with Crippen molar-refractivity contribution < 1.29 is 23.5 Å². The Kier molecular flexibility index (Phi) is 7.16. The molecule has 3 aromatic rings. The molecule has 10 nitrogen and oxygen atoms in total. The van der Waals surface area contributed by atoms with Gasteiger partial charge in [0.25, 0.3) is 5.91 Å². The molecular formula is C27H27FN6O4. The molecule has 0 radical (unpaired) electrons. The second-order valence-electron chi connectivity index (χ2n) is 9.14. The first-order chi connectivity index (χ1) is 18.4. The molecule has 2 aliphatic rings. The Morgan fingerprint density at radius 3 is 2.58 bits per heavy atom. The Labute approximate surface area is 219 Å². The van der Waals surface area contributed by atoms with Gasteiger partial charge < -0.3 is 19.9 Å². The first kappa shape index (κ1) is 25.1. The Morgan fingerprint density at radius 1 is 1.11 bits per heavy atom. The lowest BCUT2D eigenvalue weighted by Gasteiger charge is -2.35. The van der Waals surface area contributed by atoms with E-state index in [-0.39, 0.29) is 24.9 Å². The molecule has 0 unspecified atom stereocenters. The molecule has 1 atom stereocenters. The van der Waals surface area contributed by atoms with E-state index in [0.29, 0.717) is 48.6 Å². The lowest BCUT2D eigenvalue weighted by molar-refractivity contribution is -0.119. The Hall–Kier alpha value is -4.54. The summed E-state index contributed by atoms with van der Waals surface area (Å²) in [7, 11) is 0. The Morgan fingerprint density at radius 2 is 1.92 bits per heavy atom. The van der Waals surface area contributed by atoms with E-state index in [9.17, 15) is 14.4 Å². The molecular weight excluding hydrogens is 491 g/mol. The summed E-state index contributed by atoms with van der Waals surface area (Å²) in [5, 5.41) is 2.62. The molecule has 4 heterocycles. The van der Waals surface area contributed by atoms with Crippen LogP contribution in [0.15, 0.2) is 61.1 Å². The van der Waals surface area contributed by atoms with Gasteiger partial charge in [-0.1, -0.05) is 0 Å². The van der Waals surface area contributed by atoms with E-state index in [4.69, 9.17) is 4.74 Å². The minimum Gasteiger partial charge on any atom is -0.442 e. The van der Waals surface area contributed by atoms with E-state index in [1.807, 2.05) is 6.07 Å². The average Bonchev–Trinajstić information content (AvgIpc) is 3.32. The number of amides is 3. The lowest BCUT2D eigenvalue weighted by atomic mass is 10.1. The fourth-order valence-corrected chi connectivity index (χ4v) is 4.55. The van der Waals surface area contributed by atoms with Gasteiger partial charge >= 0.3 is 6.09 Å². The molecule has 5 rings (SSSR count). The zero-order chi connectivity index (χ0) is 26.6. The molecule has 0 spiro atoms. The Balaban J connectivity index is 1.21. The molecule has 0 bridgehead atoms. The highest BCUT2D eigenvalue weighted by atomic mass is 19.1. The summed E-state index contributed by atoms with van der Waals surface area (Å²) in [5.74, 6) is 0.0140. The first-order valence-corrected chi connectivity index (χ1v) is 12.3. The monoisotopic (exact) mass is 518 g/mol. The number of nitrogens with zero attached hydrogens (tertiary/aromatic N) is 5. The first-order valence-electron chi connectivity index (χ1n) is 12.3. The number of anilines is 2. The van der Waals surface area contributed by atoms with Crippen molar-refractivity contribution in [3.63, 3.8) is 0 Å². The highest BCUT2D eigenvalue weighted by Crippen LogP contribution is 2.29. The van der Waals surface area contributed by atoms with E-state index >= 15 is 4.39 Å². The molecule has 0 saturated carbocycles. The summed E-state index contributed by atoms with van der Waals surface area (Å²) in [5.41, 5.74) is 1.92. The number of pyridine rings is 2. The largest absolute Gasteiger partial charge is 0.442 e. The quantitative estimate of drug-likeness (QED) is 0.535. The molecule has 2 saturated heterocycles. The lowest BCUT2D eigenvalue weighted by Crippen LogP contribution is -2.49. The van der Waals surface area contributed by atoms with Crippen LogP contribution in [0, 0.1) is 5.82 Å². The van der Waals surface area contributed by atoms with Gasteiger partial charge in [0.05, 0.1) is 24.3 Å². The summed E-state index contributed by atoms with van der Waals surface area (Å²) >= 11 is 0. The molecule has 38 heavy (non-hydrogen) atoms. The van der Waals surface area contributed by atoms with Gasteiger partial charge in [0.1, 0.15) is 17.7 Å². The third-order valence-electron chi connectivity index (χ3n) is 6.58. The van der Waals surface area contributed by atoms with Crippen LogP contribution in [0.5, 0.6) is 0 Å². The standard InChI is InChI=1S/C27H27FN6O4/c1-18(35)30-16-22-17-34(27(37)38-22)21-5-6-23(24(28)13-21)19-4-7-25(31-15-19)32-9-11-33(12-10-32)26(36)20-3-2-8-29-14-20/h2-8,13-15,22H,9-12,16-17H2,1H3,(H,30,35)/t22-/m0/s1. The van der Waals surface area contributed by atoms with Crippen molar-refractivity contribution >= 4 is 29.4 Å². The van der Waals surface area contributed by atoms with Crippen molar-refractivity contribution in [1.82, 2.24) is 20.2 Å². The highest BCUT2D eigenvalue weighted by Gasteiger charge is 2.32. The molecule has 0 aliphatic carbocycles. The molecule has 1 aromatic carbocycles. The van der Waals surface area contributed by atoms with Crippen molar-refractivity contribution in [2.45, 2.75) is 13.0 Å². The number of piperazine rings is 1. The van der Waals surface area contributed by atoms with Crippen molar-refractivity contribution in [3.05, 3.63) is 72.4 Å². The fourth-order valence-electron chi connectivity index (χ4n) is 4.55. The molecule has 2 fully saturated rings. The molecule has 2 aliphatic heterocycles.